The van der Waals surface area contributed by atoms with Crippen molar-refractivity contribution in [1.82, 2.24) is 24.1 Å². The van der Waals surface area contributed by atoms with E-state index >= 15 is 0 Å². The number of piperidine rings is 1. The highest BCUT2D eigenvalue weighted by atomic mass is 32.2. The van der Waals surface area contributed by atoms with Gasteiger partial charge in [0, 0.05) is 37.9 Å². The topological polar surface area (TPSA) is 127 Å². The molecular formula is C14H20N6O3S. The maximum absolute atomic E-state index is 12.7. The molecule has 1 aliphatic rings. The number of sulfonamides is 1. The Morgan fingerprint density at radius 2 is 2.04 bits per heavy atom. The van der Waals surface area contributed by atoms with Crippen molar-refractivity contribution < 1.29 is 13.2 Å². The normalized spacial score (nSPS) is 17.2. The van der Waals surface area contributed by atoms with Crippen LogP contribution >= 0.6 is 0 Å². The number of hydrogen-bond donors (Lipinski definition) is 2. The van der Waals surface area contributed by atoms with E-state index in [1.807, 2.05) is 0 Å². The fraction of sp³-hybridized carbons (Fsp3) is 0.500. The van der Waals surface area contributed by atoms with Crippen LogP contribution in [0.4, 0.5) is 0 Å². The van der Waals surface area contributed by atoms with Gasteiger partial charge in [0.15, 0.2) is 5.03 Å². The maximum Gasteiger partial charge on any atom is 0.269 e. The van der Waals surface area contributed by atoms with Gasteiger partial charge in [0.25, 0.3) is 15.9 Å². The number of aryl methyl sites for hydroxylation is 2. The van der Waals surface area contributed by atoms with Crippen molar-refractivity contribution in [3.05, 3.63) is 29.5 Å². The monoisotopic (exact) mass is 352 g/mol. The van der Waals surface area contributed by atoms with Crippen molar-refractivity contribution in [3.63, 3.8) is 0 Å². The van der Waals surface area contributed by atoms with E-state index in [0.717, 1.165) is 5.69 Å². The number of aromatic amines is 1. The molecule has 0 aliphatic carbocycles. The van der Waals surface area contributed by atoms with Crippen LogP contribution in [0.1, 0.15) is 40.8 Å². The second-order valence-electron chi connectivity index (χ2n) is 5.99. The summed E-state index contributed by atoms with van der Waals surface area (Å²) in [5.41, 5.74) is 6.21. The van der Waals surface area contributed by atoms with Crippen molar-refractivity contribution >= 4 is 15.9 Å². The SMILES string of the molecule is Cc1nc(S(=O)(=O)N2CCC(c3cc(C(N)=O)n[nH]3)CC2)cn1C. The molecule has 3 N–H and O–H groups in total. The van der Waals surface area contributed by atoms with Crippen molar-refractivity contribution in [2.75, 3.05) is 13.1 Å². The molecule has 1 aliphatic heterocycles. The van der Waals surface area contributed by atoms with Gasteiger partial charge in [-0.15, -0.1) is 0 Å². The molecule has 0 atom stereocenters. The average molecular weight is 352 g/mol. The molecule has 3 rings (SSSR count). The molecule has 0 unspecified atom stereocenters. The van der Waals surface area contributed by atoms with Crippen molar-refractivity contribution in [2.24, 2.45) is 12.8 Å². The minimum absolute atomic E-state index is 0.0819. The van der Waals surface area contributed by atoms with E-state index in [2.05, 4.69) is 15.2 Å². The molecule has 24 heavy (non-hydrogen) atoms. The highest BCUT2D eigenvalue weighted by Gasteiger charge is 2.32. The fourth-order valence-electron chi connectivity index (χ4n) is 2.86. The number of nitrogens with two attached hydrogens (primary N) is 1. The number of amides is 1. The minimum Gasteiger partial charge on any atom is -0.364 e. The van der Waals surface area contributed by atoms with Crippen molar-refractivity contribution in [3.8, 4) is 0 Å². The van der Waals surface area contributed by atoms with Crippen LogP contribution in [0.2, 0.25) is 0 Å². The van der Waals surface area contributed by atoms with Gasteiger partial charge < -0.3 is 10.3 Å². The number of imidazole rings is 1. The molecule has 2 aromatic rings. The van der Waals surface area contributed by atoms with Gasteiger partial charge in [0.05, 0.1) is 0 Å². The van der Waals surface area contributed by atoms with Crippen LogP contribution in [0.3, 0.4) is 0 Å². The van der Waals surface area contributed by atoms with Crippen molar-refractivity contribution in [2.45, 2.75) is 30.7 Å². The highest BCUT2D eigenvalue weighted by Crippen LogP contribution is 2.29. The zero-order valence-electron chi connectivity index (χ0n) is 13.6. The van der Waals surface area contributed by atoms with Gasteiger partial charge in [0.1, 0.15) is 11.5 Å². The third-order valence-electron chi connectivity index (χ3n) is 4.43. The highest BCUT2D eigenvalue weighted by molar-refractivity contribution is 7.89. The molecule has 0 radical (unpaired) electrons. The van der Waals surface area contributed by atoms with Gasteiger partial charge in [-0.05, 0) is 25.8 Å². The first kappa shape index (κ1) is 16.7. The third-order valence-corrected chi connectivity index (χ3v) is 6.20. The molecule has 0 spiro atoms. The Morgan fingerprint density at radius 1 is 1.38 bits per heavy atom. The molecule has 0 aromatic carbocycles. The van der Waals surface area contributed by atoms with Crippen molar-refractivity contribution in [1.29, 1.82) is 0 Å². The molecule has 1 saturated heterocycles. The lowest BCUT2D eigenvalue weighted by molar-refractivity contribution is 0.0995. The first-order valence-electron chi connectivity index (χ1n) is 7.64. The molecule has 130 valence electrons. The zero-order chi connectivity index (χ0) is 17.5. The summed E-state index contributed by atoms with van der Waals surface area (Å²) in [6.45, 7) is 2.56. The summed E-state index contributed by atoms with van der Waals surface area (Å²) >= 11 is 0. The Bertz CT molecular complexity index is 841. The quantitative estimate of drug-likeness (QED) is 0.808. The van der Waals surface area contributed by atoms with Crippen LogP contribution in [0.15, 0.2) is 17.3 Å². The summed E-state index contributed by atoms with van der Waals surface area (Å²) in [5, 5.41) is 6.77. The Hall–Kier alpha value is -2.20. The zero-order valence-corrected chi connectivity index (χ0v) is 14.4. The summed E-state index contributed by atoms with van der Waals surface area (Å²) in [6.07, 6.45) is 2.82. The van der Waals surface area contributed by atoms with E-state index in [1.54, 1.807) is 24.6 Å². The van der Waals surface area contributed by atoms with Gasteiger partial charge in [-0.25, -0.2) is 13.4 Å². The van der Waals surface area contributed by atoms with E-state index in [4.69, 9.17) is 5.73 Å². The molecule has 1 amide bonds. The standard InChI is InChI=1S/C14H20N6O3S/c1-9-16-13(8-19(9)2)24(22,23)20-5-3-10(4-6-20)11-7-12(14(15)21)18-17-11/h7-8,10H,3-6H2,1-2H3,(H2,15,21)(H,17,18). The third kappa shape index (κ3) is 2.94. The Balaban J connectivity index is 1.71. The maximum atomic E-state index is 12.7. The number of rotatable bonds is 4. The van der Waals surface area contributed by atoms with Crippen LogP contribution < -0.4 is 5.73 Å². The lowest BCUT2D eigenvalue weighted by Gasteiger charge is -2.29. The summed E-state index contributed by atoms with van der Waals surface area (Å²) in [4.78, 5) is 15.2. The summed E-state index contributed by atoms with van der Waals surface area (Å²) < 4.78 is 28.5. The molecule has 10 heteroatoms. The second-order valence-corrected chi connectivity index (χ2v) is 7.87. The van der Waals surface area contributed by atoms with E-state index in [-0.39, 0.29) is 16.6 Å². The molecule has 0 bridgehead atoms. The Labute approximate surface area is 139 Å². The summed E-state index contributed by atoms with van der Waals surface area (Å²) in [6, 6.07) is 1.64. The Kier molecular flexibility index (Phi) is 4.18. The van der Waals surface area contributed by atoms with Gasteiger partial charge in [0.2, 0.25) is 0 Å². The average Bonchev–Trinajstić information content (AvgIpc) is 3.16. The molecule has 2 aromatic heterocycles. The number of nitrogens with one attached hydrogen (secondary N) is 1. The second kappa shape index (κ2) is 6.02. The molecular weight excluding hydrogens is 332 g/mol. The van der Waals surface area contributed by atoms with Crippen LogP contribution in [-0.4, -0.2) is 51.5 Å². The van der Waals surface area contributed by atoms with Gasteiger partial charge in [-0.3, -0.25) is 9.89 Å². The number of aromatic nitrogens is 4. The van der Waals surface area contributed by atoms with Crippen LogP contribution in [-0.2, 0) is 17.1 Å². The molecule has 0 saturated carbocycles. The van der Waals surface area contributed by atoms with Gasteiger partial charge in [-0.2, -0.15) is 9.40 Å². The number of carbonyl (C=O) groups excluding carboxylic acids is 1. The molecule has 3 heterocycles. The molecule has 1 fully saturated rings. The minimum atomic E-state index is -3.58. The first-order chi connectivity index (χ1) is 11.3. The predicted molar refractivity (Wildman–Crippen MR) is 85.8 cm³/mol. The van der Waals surface area contributed by atoms with E-state index in [9.17, 15) is 13.2 Å². The molecule has 9 nitrogen and oxygen atoms in total. The number of carbonyl (C=O) groups is 1. The summed E-state index contributed by atoms with van der Waals surface area (Å²) in [7, 11) is -1.81. The van der Waals surface area contributed by atoms with E-state index in [0.29, 0.717) is 31.8 Å². The summed E-state index contributed by atoms with van der Waals surface area (Å²) in [5.74, 6) is 0.199. The number of nitrogens with zero attached hydrogens (tertiary/aromatic N) is 4. The van der Waals surface area contributed by atoms with Crippen LogP contribution in [0.5, 0.6) is 0 Å². The fourth-order valence-corrected chi connectivity index (χ4v) is 4.36. The smallest absolute Gasteiger partial charge is 0.269 e. The van der Waals surface area contributed by atoms with Crippen LogP contribution in [0.25, 0.3) is 0 Å². The first-order valence-corrected chi connectivity index (χ1v) is 9.08. The lowest BCUT2D eigenvalue weighted by atomic mass is 9.94. The van der Waals surface area contributed by atoms with E-state index in [1.165, 1.54) is 10.5 Å². The number of hydrogen-bond acceptors (Lipinski definition) is 5. The van der Waals surface area contributed by atoms with Crippen LogP contribution in [0, 0.1) is 6.92 Å². The van der Waals surface area contributed by atoms with E-state index < -0.39 is 15.9 Å². The lowest BCUT2D eigenvalue weighted by Crippen LogP contribution is -2.38. The number of H-pyrrole nitrogens is 1. The van der Waals surface area contributed by atoms with Gasteiger partial charge >= 0.3 is 0 Å². The number of primary amides is 1. The predicted octanol–water partition coefficient (Wildman–Crippen LogP) is 0.119. The Morgan fingerprint density at radius 3 is 2.54 bits per heavy atom. The largest absolute Gasteiger partial charge is 0.364 e. The van der Waals surface area contributed by atoms with Gasteiger partial charge in [-0.1, -0.05) is 0 Å².